The van der Waals surface area contributed by atoms with Crippen LogP contribution in [0, 0.1) is 11.6 Å². The number of nitrogens with two attached hydrogens (primary N) is 1. The zero-order chi connectivity index (χ0) is 15.6. The second-order valence-corrected chi connectivity index (χ2v) is 4.39. The van der Waals surface area contributed by atoms with Crippen LogP contribution in [-0.4, -0.2) is 20.1 Å². The van der Waals surface area contributed by atoms with Crippen LogP contribution in [0.3, 0.4) is 0 Å². The molecule has 0 aliphatic rings. The summed E-state index contributed by atoms with van der Waals surface area (Å²) in [7, 11) is 2.94. The summed E-state index contributed by atoms with van der Waals surface area (Å²) in [6, 6.07) is 8.38. The summed E-state index contributed by atoms with van der Waals surface area (Å²) < 4.78 is 32.1. The molecule has 2 rings (SSSR count). The third-order valence-corrected chi connectivity index (χ3v) is 3.07. The molecule has 0 aliphatic carbocycles. The highest BCUT2D eigenvalue weighted by molar-refractivity contribution is 6.07. The molecular weight excluding hydrogens is 278 g/mol. The third-order valence-electron chi connectivity index (χ3n) is 3.07. The van der Waals surface area contributed by atoms with Crippen LogP contribution in [-0.2, 0) is 0 Å². The van der Waals surface area contributed by atoms with Crippen molar-refractivity contribution in [2.45, 2.75) is 0 Å². The second kappa shape index (κ2) is 5.78. The summed E-state index contributed by atoms with van der Waals surface area (Å²) in [5.74, 6) is -2.05. The lowest BCUT2D eigenvalue weighted by atomic mass is 10.1. The predicted octanol–water partition coefficient (Wildman–Crippen LogP) is 2.83. The van der Waals surface area contributed by atoms with Crippen molar-refractivity contribution in [2.24, 2.45) is 0 Å². The fourth-order valence-electron chi connectivity index (χ4n) is 1.93. The molecule has 2 N–H and O–H groups in total. The van der Waals surface area contributed by atoms with Crippen molar-refractivity contribution in [1.82, 2.24) is 0 Å². The van der Waals surface area contributed by atoms with Crippen LogP contribution in [0.15, 0.2) is 36.4 Å². The lowest BCUT2D eigenvalue weighted by molar-refractivity contribution is 0.0988. The quantitative estimate of drug-likeness (QED) is 0.885. The zero-order valence-corrected chi connectivity index (χ0v) is 11.6. The van der Waals surface area contributed by atoms with Crippen LogP contribution in [0.4, 0.5) is 20.2 Å². The number of hydrogen-bond acceptors (Lipinski definition) is 3. The number of methoxy groups -OCH3 is 1. The fraction of sp³-hybridized carbons (Fsp3) is 0.133. The van der Waals surface area contributed by atoms with E-state index in [0.717, 1.165) is 6.07 Å². The lowest BCUT2D eigenvalue weighted by Crippen LogP contribution is -2.27. The highest BCUT2D eigenvalue weighted by Gasteiger charge is 2.21. The number of para-hydroxylation sites is 2. The molecule has 0 atom stereocenters. The number of carbonyl (C=O) groups excluding carboxylic acids is 1. The van der Waals surface area contributed by atoms with Gasteiger partial charge in [0.15, 0.2) is 0 Å². The van der Waals surface area contributed by atoms with E-state index >= 15 is 0 Å². The minimum absolute atomic E-state index is 0.284. The van der Waals surface area contributed by atoms with Gasteiger partial charge in [-0.2, -0.15) is 0 Å². The molecule has 2 aromatic rings. The Kier molecular flexibility index (Phi) is 4.07. The van der Waals surface area contributed by atoms with Crippen molar-refractivity contribution in [1.29, 1.82) is 0 Å². The largest absolute Gasteiger partial charge is 0.495 e. The van der Waals surface area contributed by atoms with Crippen LogP contribution >= 0.6 is 0 Å². The molecule has 1 amide bonds. The SMILES string of the molecule is COc1ccccc1N(C)C(=O)c1cc(N)c(F)cc1F. The lowest BCUT2D eigenvalue weighted by Gasteiger charge is -2.20. The summed E-state index contributed by atoms with van der Waals surface area (Å²) >= 11 is 0. The average molecular weight is 292 g/mol. The summed E-state index contributed by atoms with van der Waals surface area (Å²) in [5, 5.41) is 0. The normalized spacial score (nSPS) is 10.3. The monoisotopic (exact) mass is 292 g/mol. The molecule has 0 aliphatic heterocycles. The van der Waals surface area contributed by atoms with E-state index in [0.29, 0.717) is 17.5 Å². The van der Waals surface area contributed by atoms with E-state index in [4.69, 9.17) is 10.5 Å². The third kappa shape index (κ3) is 2.79. The summed E-state index contributed by atoms with van der Waals surface area (Å²) in [6.45, 7) is 0. The van der Waals surface area contributed by atoms with Gasteiger partial charge in [0.25, 0.3) is 5.91 Å². The van der Waals surface area contributed by atoms with Crippen LogP contribution in [0.2, 0.25) is 0 Å². The maximum atomic E-state index is 13.8. The molecule has 21 heavy (non-hydrogen) atoms. The van der Waals surface area contributed by atoms with Crippen LogP contribution in [0.25, 0.3) is 0 Å². The number of carbonyl (C=O) groups is 1. The van der Waals surface area contributed by atoms with Crippen molar-refractivity contribution in [3.63, 3.8) is 0 Å². The fourth-order valence-corrected chi connectivity index (χ4v) is 1.93. The molecular formula is C15H14F2N2O2. The Labute approximate surface area is 120 Å². The Morgan fingerprint density at radius 3 is 2.52 bits per heavy atom. The second-order valence-electron chi connectivity index (χ2n) is 4.39. The van der Waals surface area contributed by atoms with E-state index in [1.807, 2.05) is 0 Å². The molecule has 0 unspecified atom stereocenters. The van der Waals surface area contributed by atoms with Gasteiger partial charge in [-0.1, -0.05) is 12.1 Å². The molecule has 0 heterocycles. The van der Waals surface area contributed by atoms with Gasteiger partial charge in [0.2, 0.25) is 0 Å². The first-order chi connectivity index (χ1) is 9.95. The Morgan fingerprint density at radius 1 is 1.19 bits per heavy atom. The average Bonchev–Trinajstić information content (AvgIpc) is 2.49. The van der Waals surface area contributed by atoms with E-state index in [2.05, 4.69) is 0 Å². The number of amides is 1. The van der Waals surface area contributed by atoms with Gasteiger partial charge < -0.3 is 15.4 Å². The number of ether oxygens (including phenoxy) is 1. The minimum atomic E-state index is -0.964. The van der Waals surface area contributed by atoms with E-state index in [-0.39, 0.29) is 11.3 Å². The standard InChI is InChI=1S/C15H14F2N2O2/c1-19(13-5-3-4-6-14(13)21-2)15(20)9-7-12(18)11(17)8-10(9)16/h3-8H,18H2,1-2H3. The maximum absolute atomic E-state index is 13.8. The van der Waals surface area contributed by atoms with Crippen LogP contribution in [0.1, 0.15) is 10.4 Å². The number of nitrogen functional groups attached to an aromatic ring is 1. The van der Waals surface area contributed by atoms with Crippen molar-refractivity contribution in [3.8, 4) is 5.75 Å². The molecule has 0 fully saturated rings. The van der Waals surface area contributed by atoms with Gasteiger partial charge in [0.1, 0.15) is 17.4 Å². The molecule has 4 nitrogen and oxygen atoms in total. The smallest absolute Gasteiger partial charge is 0.261 e. The number of halogens is 2. The summed E-state index contributed by atoms with van der Waals surface area (Å²) in [5.41, 5.74) is 5.26. The van der Waals surface area contributed by atoms with Crippen molar-refractivity contribution in [3.05, 3.63) is 53.6 Å². The van der Waals surface area contributed by atoms with Gasteiger partial charge in [-0.15, -0.1) is 0 Å². The Bertz CT molecular complexity index is 689. The van der Waals surface area contributed by atoms with Crippen LogP contribution in [0.5, 0.6) is 5.75 Å². The molecule has 0 radical (unpaired) electrons. The molecule has 6 heteroatoms. The number of nitrogens with zero attached hydrogens (tertiary/aromatic N) is 1. The van der Waals surface area contributed by atoms with Gasteiger partial charge in [0, 0.05) is 13.1 Å². The van der Waals surface area contributed by atoms with Crippen molar-refractivity contribution < 1.29 is 18.3 Å². The molecule has 2 aromatic carbocycles. The van der Waals surface area contributed by atoms with E-state index in [1.54, 1.807) is 24.3 Å². The number of rotatable bonds is 3. The van der Waals surface area contributed by atoms with Crippen molar-refractivity contribution >= 4 is 17.3 Å². The first-order valence-corrected chi connectivity index (χ1v) is 6.11. The Morgan fingerprint density at radius 2 is 1.86 bits per heavy atom. The van der Waals surface area contributed by atoms with E-state index in [9.17, 15) is 13.6 Å². The topological polar surface area (TPSA) is 55.6 Å². The molecule has 0 bridgehead atoms. The molecule has 0 saturated heterocycles. The molecule has 110 valence electrons. The summed E-state index contributed by atoms with van der Waals surface area (Å²) in [4.78, 5) is 13.6. The van der Waals surface area contributed by atoms with E-state index in [1.165, 1.54) is 19.1 Å². The van der Waals surface area contributed by atoms with Crippen molar-refractivity contribution in [2.75, 3.05) is 24.8 Å². The highest BCUT2D eigenvalue weighted by Crippen LogP contribution is 2.28. The number of hydrogen-bond donors (Lipinski definition) is 1. The van der Waals surface area contributed by atoms with Gasteiger partial charge in [-0.05, 0) is 18.2 Å². The van der Waals surface area contributed by atoms with Gasteiger partial charge in [-0.25, -0.2) is 8.78 Å². The summed E-state index contributed by atoms with van der Waals surface area (Å²) in [6.07, 6.45) is 0. The molecule has 0 aromatic heterocycles. The Hall–Kier alpha value is -2.63. The first kappa shape index (κ1) is 14.8. The van der Waals surface area contributed by atoms with Crippen LogP contribution < -0.4 is 15.4 Å². The number of anilines is 2. The minimum Gasteiger partial charge on any atom is -0.495 e. The van der Waals surface area contributed by atoms with Gasteiger partial charge in [-0.3, -0.25) is 4.79 Å². The zero-order valence-electron chi connectivity index (χ0n) is 11.6. The van der Waals surface area contributed by atoms with Gasteiger partial charge >= 0.3 is 0 Å². The molecule has 0 spiro atoms. The molecule has 0 saturated carbocycles. The predicted molar refractivity (Wildman–Crippen MR) is 76.5 cm³/mol. The van der Waals surface area contributed by atoms with E-state index < -0.39 is 17.5 Å². The highest BCUT2D eigenvalue weighted by atomic mass is 19.1. The number of benzene rings is 2. The maximum Gasteiger partial charge on any atom is 0.261 e. The van der Waals surface area contributed by atoms with Gasteiger partial charge in [0.05, 0.1) is 24.0 Å². The first-order valence-electron chi connectivity index (χ1n) is 6.11. The Balaban J connectivity index is 2.42.